The first kappa shape index (κ1) is 18.5. The third-order valence-corrected chi connectivity index (χ3v) is 4.19. The zero-order chi connectivity index (χ0) is 16.4. The summed E-state index contributed by atoms with van der Waals surface area (Å²) in [6, 6.07) is 3.86. The molecule has 3 nitrogen and oxygen atoms in total. The van der Waals surface area contributed by atoms with Crippen LogP contribution in [0, 0.1) is 0 Å². The molecule has 0 aromatic heterocycles. The van der Waals surface area contributed by atoms with Crippen molar-refractivity contribution < 1.29 is 14.6 Å². The van der Waals surface area contributed by atoms with Crippen LogP contribution in [0.25, 0.3) is 0 Å². The molecule has 0 saturated carbocycles. The van der Waals surface area contributed by atoms with E-state index in [2.05, 4.69) is 20.8 Å². The maximum absolute atomic E-state index is 10.8. The molecule has 1 N–H and O–H groups in total. The lowest BCUT2D eigenvalue weighted by Crippen LogP contribution is -2.08. The van der Waals surface area contributed by atoms with Crippen molar-refractivity contribution in [2.24, 2.45) is 0 Å². The molecule has 22 heavy (non-hydrogen) atoms. The summed E-state index contributed by atoms with van der Waals surface area (Å²) in [7, 11) is 0. The van der Waals surface area contributed by atoms with Gasteiger partial charge in [0.05, 0.1) is 0 Å². The first-order valence-corrected chi connectivity index (χ1v) is 8.68. The summed E-state index contributed by atoms with van der Waals surface area (Å²) in [5.74, 6) is 0.499. The molecule has 0 amide bonds. The summed E-state index contributed by atoms with van der Waals surface area (Å²) in [5, 5.41) is 8.84. The van der Waals surface area contributed by atoms with E-state index in [1.54, 1.807) is 0 Å². The molecule has 0 saturated heterocycles. The minimum atomic E-state index is -1.24. The molecule has 1 aromatic carbocycles. The number of benzene rings is 1. The second-order valence-electron chi connectivity index (χ2n) is 5.77. The van der Waals surface area contributed by atoms with E-state index >= 15 is 0 Å². The number of hydrogen-bond acceptors (Lipinski definition) is 2. The minimum absolute atomic E-state index is 0.499. The number of aryl methyl sites for hydroxylation is 1. The summed E-state index contributed by atoms with van der Waals surface area (Å²) in [4.78, 5) is 10.8. The van der Waals surface area contributed by atoms with Gasteiger partial charge in [0, 0.05) is 0 Å². The zero-order valence-electron chi connectivity index (χ0n) is 14.3. The van der Waals surface area contributed by atoms with Crippen molar-refractivity contribution in [3.05, 3.63) is 28.8 Å². The van der Waals surface area contributed by atoms with E-state index < -0.39 is 6.16 Å². The zero-order valence-corrected chi connectivity index (χ0v) is 14.3. The Hall–Kier alpha value is -1.51. The van der Waals surface area contributed by atoms with E-state index in [1.807, 2.05) is 12.1 Å². The van der Waals surface area contributed by atoms with Crippen LogP contribution in [0.5, 0.6) is 5.75 Å². The number of carboxylic acid groups (broad SMARTS) is 1. The number of carbonyl (C=O) groups is 1. The normalized spacial score (nSPS) is 10.7. The predicted molar refractivity (Wildman–Crippen MR) is 90.9 cm³/mol. The van der Waals surface area contributed by atoms with Crippen molar-refractivity contribution in [3.8, 4) is 5.75 Å². The van der Waals surface area contributed by atoms with Gasteiger partial charge < -0.3 is 9.84 Å². The molecular formula is C19H30O3. The summed E-state index contributed by atoms with van der Waals surface area (Å²) in [6.45, 7) is 6.42. The summed E-state index contributed by atoms with van der Waals surface area (Å²) in [6.07, 6.45) is 9.32. The molecule has 0 fully saturated rings. The molecule has 0 radical (unpaired) electrons. The van der Waals surface area contributed by atoms with Gasteiger partial charge in [-0.2, -0.15) is 0 Å². The van der Waals surface area contributed by atoms with Crippen molar-refractivity contribution in [2.45, 2.75) is 78.6 Å². The van der Waals surface area contributed by atoms with Crippen LogP contribution < -0.4 is 4.74 Å². The second kappa shape index (κ2) is 10.3. The molecule has 1 aromatic rings. The summed E-state index contributed by atoms with van der Waals surface area (Å²) < 4.78 is 4.92. The van der Waals surface area contributed by atoms with Crippen molar-refractivity contribution in [3.63, 3.8) is 0 Å². The number of hydrogen-bond donors (Lipinski definition) is 1. The number of rotatable bonds is 10. The lowest BCUT2D eigenvalue weighted by atomic mass is 9.93. The molecule has 1 rings (SSSR count). The van der Waals surface area contributed by atoms with Gasteiger partial charge >= 0.3 is 6.16 Å². The van der Waals surface area contributed by atoms with Gasteiger partial charge in [-0.3, -0.25) is 0 Å². The maximum Gasteiger partial charge on any atom is 0.511 e. The van der Waals surface area contributed by atoms with Gasteiger partial charge in [-0.25, -0.2) is 4.79 Å². The lowest BCUT2D eigenvalue weighted by molar-refractivity contribution is 0.144. The molecule has 0 atom stereocenters. The van der Waals surface area contributed by atoms with Crippen LogP contribution in [-0.2, 0) is 19.3 Å². The third-order valence-electron chi connectivity index (χ3n) is 4.19. The molecular weight excluding hydrogens is 276 g/mol. The van der Waals surface area contributed by atoms with E-state index in [0.717, 1.165) is 24.8 Å². The summed E-state index contributed by atoms with van der Waals surface area (Å²) in [5.41, 5.74) is 3.68. The Bertz CT molecular complexity index is 466. The van der Waals surface area contributed by atoms with E-state index in [1.165, 1.54) is 49.7 Å². The molecule has 0 unspecified atom stereocenters. The molecule has 0 aliphatic heterocycles. The molecule has 3 heteroatoms. The van der Waals surface area contributed by atoms with Crippen LogP contribution in [-0.4, -0.2) is 11.3 Å². The lowest BCUT2D eigenvalue weighted by Gasteiger charge is -2.16. The van der Waals surface area contributed by atoms with Gasteiger partial charge in [-0.05, 0) is 48.4 Å². The highest BCUT2D eigenvalue weighted by molar-refractivity contribution is 5.63. The summed E-state index contributed by atoms with van der Waals surface area (Å²) >= 11 is 0. The van der Waals surface area contributed by atoms with Gasteiger partial charge in [0.15, 0.2) is 0 Å². The van der Waals surface area contributed by atoms with E-state index in [9.17, 15) is 4.79 Å². The second-order valence-corrected chi connectivity index (χ2v) is 5.77. The quantitative estimate of drug-likeness (QED) is 0.339. The van der Waals surface area contributed by atoms with Crippen LogP contribution >= 0.6 is 0 Å². The largest absolute Gasteiger partial charge is 0.511 e. The Morgan fingerprint density at radius 1 is 0.955 bits per heavy atom. The molecule has 0 heterocycles. The smallest absolute Gasteiger partial charge is 0.449 e. The number of ether oxygens (including phenoxy) is 1. The molecule has 0 bridgehead atoms. The molecule has 124 valence electrons. The van der Waals surface area contributed by atoms with E-state index in [4.69, 9.17) is 9.84 Å². The predicted octanol–water partition coefficient (Wildman–Crippen LogP) is 5.77. The fraction of sp³-hybridized carbons (Fsp3) is 0.632. The SMILES string of the molecule is CCCCCCCCc1ccc(OC(=O)O)c(CC)c1CC. The standard InChI is InChI=1S/C19H30O3/c1-4-7-8-9-10-11-12-15-13-14-18(22-19(20)21)17(6-3)16(15)5-2/h13-14H,4-12H2,1-3H3,(H,20,21). The highest BCUT2D eigenvalue weighted by Gasteiger charge is 2.13. The van der Waals surface area contributed by atoms with Gasteiger partial charge in [0.1, 0.15) is 5.75 Å². The Morgan fingerprint density at radius 3 is 2.18 bits per heavy atom. The number of unbranched alkanes of at least 4 members (excludes halogenated alkanes) is 5. The fourth-order valence-corrected chi connectivity index (χ4v) is 3.07. The van der Waals surface area contributed by atoms with Crippen LogP contribution in [0.3, 0.4) is 0 Å². The fourth-order valence-electron chi connectivity index (χ4n) is 3.07. The molecule has 0 aliphatic carbocycles. The van der Waals surface area contributed by atoms with Crippen molar-refractivity contribution in [2.75, 3.05) is 0 Å². The average Bonchev–Trinajstić information content (AvgIpc) is 2.50. The topological polar surface area (TPSA) is 46.5 Å². The Labute approximate surface area is 134 Å². The van der Waals surface area contributed by atoms with Crippen LogP contribution in [0.4, 0.5) is 4.79 Å². The minimum Gasteiger partial charge on any atom is -0.449 e. The first-order chi connectivity index (χ1) is 10.6. The monoisotopic (exact) mass is 306 g/mol. The van der Waals surface area contributed by atoms with Gasteiger partial charge in [0.2, 0.25) is 0 Å². The Balaban J connectivity index is 2.72. The van der Waals surface area contributed by atoms with Gasteiger partial charge in [0.25, 0.3) is 0 Å². The van der Waals surface area contributed by atoms with Crippen molar-refractivity contribution >= 4 is 6.16 Å². The van der Waals surface area contributed by atoms with Gasteiger partial charge in [-0.15, -0.1) is 0 Å². The van der Waals surface area contributed by atoms with E-state index in [0.29, 0.717) is 5.75 Å². The Morgan fingerprint density at radius 2 is 1.59 bits per heavy atom. The van der Waals surface area contributed by atoms with Crippen molar-refractivity contribution in [1.82, 2.24) is 0 Å². The molecule has 0 aliphatic rings. The van der Waals surface area contributed by atoms with Crippen LogP contribution in [0.2, 0.25) is 0 Å². The van der Waals surface area contributed by atoms with Crippen LogP contribution in [0.1, 0.15) is 76.0 Å². The van der Waals surface area contributed by atoms with Crippen molar-refractivity contribution in [1.29, 1.82) is 0 Å². The molecule has 0 spiro atoms. The maximum atomic E-state index is 10.8. The Kier molecular flexibility index (Phi) is 8.64. The van der Waals surface area contributed by atoms with E-state index in [-0.39, 0.29) is 0 Å². The highest BCUT2D eigenvalue weighted by atomic mass is 16.7. The average molecular weight is 306 g/mol. The first-order valence-electron chi connectivity index (χ1n) is 8.68. The highest BCUT2D eigenvalue weighted by Crippen LogP contribution is 2.28. The van der Waals surface area contributed by atoms with Crippen LogP contribution in [0.15, 0.2) is 12.1 Å². The van der Waals surface area contributed by atoms with Gasteiger partial charge in [-0.1, -0.05) is 58.9 Å². The third kappa shape index (κ3) is 5.70.